The number of carbonyl (C=O) groups is 2. The summed E-state index contributed by atoms with van der Waals surface area (Å²) in [6, 6.07) is 15.0. The number of likely N-dealkylation sites (tertiary alicyclic amines) is 1. The van der Waals surface area contributed by atoms with Gasteiger partial charge in [-0.15, -0.1) is 12.4 Å². The van der Waals surface area contributed by atoms with Crippen LogP contribution in [0.2, 0.25) is 0 Å². The molecule has 1 fully saturated rings. The molecule has 2 amide bonds. The van der Waals surface area contributed by atoms with Gasteiger partial charge in [-0.1, -0.05) is 30.3 Å². The Kier molecular flexibility index (Phi) is 7.96. The number of nitrogens with two attached hydrogens (primary N) is 1. The predicted molar refractivity (Wildman–Crippen MR) is 110 cm³/mol. The van der Waals surface area contributed by atoms with Crippen molar-refractivity contribution in [3.05, 3.63) is 66.0 Å². The average molecular weight is 406 g/mol. The van der Waals surface area contributed by atoms with Gasteiger partial charge in [-0.05, 0) is 42.7 Å². The summed E-state index contributed by atoms with van der Waals surface area (Å²) >= 11 is 0. The van der Waals surface area contributed by atoms with E-state index in [1.807, 2.05) is 30.3 Å². The van der Waals surface area contributed by atoms with Crippen molar-refractivity contribution in [3.63, 3.8) is 0 Å². The molecule has 150 valence electrons. The smallest absolute Gasteiger partial charge is 0.227 e. The second-order valence-corrected chi connectivity index (χ2v) is 6.87. The number of piperidine rings is 1. The van der Waals surface area contributed by atoms with E-state index in [-0.39, 0.29) is 48.4 Å². The Morgan fingerprint density at radius 2 is 1.68 bits per heavy atom. The molecule has 0 radical (unpaired) electrons. The molecule has 1 unspecified atom stereocenters. The zero-order chi connectivity index (χ0) is 19.2. The normalized spacial score (nSPS) is 15.4. The average Bonchev–Trinajstić information content (AvgIpc) is 2.70. The van der Waals surface area contributed by atoms with Gasteiger partial charge in [0.15, 0.2) is 0 Å². The van der Waals surface area contributed by atoms with Crippen LogP contribution in [-0.4, -0.2) is 29.8 Å². The standard InChI is InChI=1S/C21H24FN3O2.ClH/c22-17-6-8-18(9-7-17)24-21(27)16-10-12-25(13-11-16)20(26)14-19(23)15-4-2-1-3-5-15;/h1-9,16,19H,10-14,23H2,(H,24,27);1H. The van der Waals surface area contributed by atoms with Crippen molar-refractivity contribution < 1.29 is 14.0 Å². The van der Waals surface area contributed by atoms with Crippen LogP contribution in [0.25, 0.3) is 0 Å². The first-order valence-corrected chi connectivity index (χ1v) is 9.17. The first-order chi connectivity index (χ1) is 13.0. The highest BCUT2D eigenvalue weighted by Gasteiger charge is 2.28. The van der Waals surface area contributed by atoms with E-state index in [4.69, 9.17) is 5.73 Å². The summed E-state index contributed by atoms with van der Waals surface area (Å²) in [5.41, 5.74) is 7.66. The zero-order valence-corrected chi connectivity index (χ0v) is 16.3. The monoisotopic (exact) mass is 405 g/mol. The minimum absolute atomic E-state index is 0. The highest BCUT2D eigenvalue weighted by Crippen LogP contribution is 2.22. The van der Waals surface area contributed by atoms with Crippen molar-refractivity contribution in [3.8, 4) is 0 Å². The maximum Gasteiger partial charge on any atom is 0.227 e. The molecular formula is C21H25ClFN3O2. The minimum Gasteiger partial charge on any atom is -0.343 e. The summed E-state index contributed by atoms with van der Waals surface area (Å²) in [7, 11) is 0. The fourth-order valence-corrected chi connectivity index (χ4v) is 3.30. The van der Waals surface area contributed by atoms with Crippen molar-refractivity contribution in [1.29, 1.82) is 0 Å². The first-order valence-electron chi connectivity index (χ1n) is 9.17. The van der Waals surface area contributed by atoms with Gasteiger partial charge in [0.25, 0.3) is 0 Å². The van der Waals surface area contributed by atoms with E-state index in [1.54, 1.807) is 4.90 Å². The van der Waals surface area contributed by atoms with Crippen molar-refractivity contribution in [2.45, 2.75) is 25.3 Å². The van der Waals surface area contributed by atoms with Gasteiger partial charge in [0.2, 0.25) is 11.8 Å². The molecule has 3 rings (SSSR count). The van der Waals surface area contributed by atoms with Gasteiger partial charge < -0.3 is 16.0 Å². The third kappa shape index (κ3) is 5.78. The van der Waals surface area contributed by atoms with Crippen molar-refractivity contribution in [1.82, 2.24) is 4.90 Å². The lowest BCUT2D eigenvalue weighted by molar-refractivity contribution is -0.134. The molecule has 28 heavy (non-hydrogen) atoms. The molecule has 0 spiro atoms. The van der Waals surface area contributed by atoms with Crippen LogP contribution in [0.1, 0.15) is 30.9 Å². The van der Waals surface area contributed by atoms with E-state index in [2.05, 4.69) is 5.32 Å². The van der Waals surface area contributed by atoms with Gasteiger partial charge >= 0.3 is 0 Å². The summed E-state index contributed by atoms with van der Waals surface area (Å²) in [5.74, 6) is -0.561. The summed E-state index contributed by atoms with van der Waals surface area (Å²) in [5, 5.41) is 2.81. The molecule has 1 heterocycles. The molecule has 1 saturated heterocycles. The molecule has 1 aliphatic heterocycles. The fraction of sp³-hybridized carbons (Fsp3) is 0.333. The van der Waals surface area contributed by atoms with E-state index in [9.17, 15) is 14.0 Å². The lowest BCUT2D eigenvalue weighted by Gasteiger charge is -2.32. The Balaban J connectivity index is 0.00000280. The predicted octanol–water partition coefficient (Wildman–Crippen LogP) is 3.51. The molecule has 2 aromatic carbocycles. The van der Waals surface area contributed by atoms with Crippen LogP contribution in [0, 0.1) is 11.7 Å². The van der Waals surface area contributed by atoms with Crippen LogP contribution in [0.3, 0.4) is 0 Å². The van der Waals surface area contributed by atoms with Crippen LogP contribution < -0.4 is 11.1 Å². The number of halogens is 2. The number of nitrogens with zero attached hydrogens (tertiary/aromatic N) is 1. The number of hydrogen-bond donors (Lipinski definition) is 2. The number of nitrogens with one attached hydrogen (secondary N) is 1. The molecule has 2 aromatic rings. The van der Waals surface area contributed by atoms with Gasteiger partial charge in [-0.3, -0.25) is 9.59 Å². The largest absolute Gasteiger partial charge is 0.343 e. The van der Waals surface area contributed by atoms with Crippen LogP contribution in [0.5, 0.6) is 0 Å². The third-order valence-electron chi connectivity index (χ3n) is 4.95. The quantitative estimate of drug-likeness (QED) is 0.799. The van der Waals surface area contributed by atoms with E-state index in [1.165, 1.54) is 24.3 Å². The number of rotatable bonds is 5. The van der Waals surface area contributed by atoms with Crippen LogP contribution in [0.15, 0.2) is 54.6 Å². The number of benzene rings is 2. The number of hydrogen-bond acceptors (Lipinski definition) is 3. The molecule has 1 atom stereocenters. The van der Waals surface area contributed by atoms with Gasteiger partial charge in [0.05, 0.1) is 0 Å². The summed E-state index contributed by atoms with van der Waals surface area (Å²) in [6.07, 6.45) is 1.48. The van der Waals surface area contributed by atoms with Crippen molar-refractivity contribution in [2.24, 2.45) is 11.7 Å². The SMILES string of the molecule is Cl.NC(CC(=O)N1CCC(C(=O)Nc2ccc(F)cc2)CC1)c1ccccc1. The first kappa shape index (κ1) is 21.9. The van der Waals surface area contributed by atoms with Crippen LogP contribution >= 0.6 is 12.4 Å². The Morgan fingerprint density at radius 3 is 2.29 bits per heavy atom. The second-order valence-electron chi connectivity index (χ2n) is 6.87. The molecule has 0 bridgehead atoms. The molecule has 0 aromatic heterocycles. The summed E-state index contributed by atoms with van der Waals surface area (Å²) in [6.45, 7) is 1.09. The highest BCUT2D eigenvalue weighted by molar-refractivity contribution is 5.92. The number of carbonyl (C=O) groups excluding carboxylic acids is 2. The third-order valence-corrected chi connectivity index (χ3v) is 4.95. The lowest BCUT2D eigenvalue weighted by Crippen LogP contribution is -2.42. The van der Waals surface area contributed by atoms with E-state index in [0.717, 1.165) is 5.56 Å². The van der Waals surface area contributed by atoms with Gasteiger partial charge in [-0.2, -0.15) is 0 Å². The van der Waals surface area contributed by atoms with E-state index < -0.39 is 0 Å². The van der Waals surface area contributed by atoms with Gasteiger partial charge in [-0.25, -0.2) is 4.39 Å². The summed E-state index contributed by atoms with van der Waals surface area (Å²) < 4.78 is 12.9. The van der Waals surface area contributed by atoms with Crippen molar-refractivity contribution >= 4 is 29.9 Å². The fourth-order valence-electron chi connectivity index (χ4n) is 3.30. The topological polar surface area (TPSA) is 75.4 Å². The lowest BCUT2D eigenvalue weighted by atomic mass is 9.95. The Morgan fingerprint density at radius 1 is 1.07 bits per heavy atom. The number of anilines is 1. The van der Waals surface area contributed by atoms with Gasteiger partial charge in [0, 0.05) is 37.2 Å². The maximum atomic E-state index is 12.9. The Bertz CT molecular complexity index is 778. The van der Waals surface area contributed by atoms with Crippen molar-refractivity contribution in [2.75, 3.05) is 18.4 Å². The summed E-state index contributed by atoms with van der Waals surface area (Å²) in [4.78, 5) is 26.6. The number of amides is 2. The molecule has 3 N–H and O–H groups in total. The zero-order valence-electron chi connectivity index (χ0n) is 15.5. The van der Waals surface area contributed by atoms with E-state index >= 15 is 0 Å². The molecule has 7 heteroatoms. The second kappa shape index (κ2) is 10.2. The van der Waals surface area contributed by atoms with E-state index in [0.29, 0.717) is 31.6 Å². The highest BCUT2D eigenvalue weighted by atomic mass is 35.5. The Hall–Kier alpha value is -2.44. The van der Waals surface area contributed by atoms with Gasteiger partial charge in [0.1, 0.15) is 5.82 Å². The molecule has 5 nitrogen and oxygen atoms in total. The molecular weight excluding hydrogens is 381 g/mol. The maximum absolute atomic E-state index is 12.9. The van der Waals surface area contributed by atoms with Crippen LogP contribution in [0.4, 0.5) is 10.1 Å². The molecule has 1 aliphatic rings. The Labute approximate surface area is 170 Å². The molecule has 0 aliphatic carbocycles. The molecule has 0 saturated carbocycles. The minimum atomic E-state index is -0.339. The van der Waals surface area contributed by atoms with Crippen LogP contribution in [-0.2, 0) is 9.59 Å².